The van der Waals surface area contributed by atoms with Crippen LogP contribution in [0, 0.1) is 0 Å². The molecule has 1 heterocycles. The first-order chi connectivity index (χ1) is 9.51. The zero-order valence-corrected chi connectivity index (χ0v) is 11.8. The molecule has 0 aliphatic carbocycles. The Morgan fingerprint density at radius 1 is 1.50 bits per heavy atom. The number of aryl methyl sites for hydroxylation is 1. The summed E-state index contributed by atoms with van der Waals surface area (Å²) >= 11 is 0. The van der Waals surface area contributed by atoms with E-state index >= 15 is 0 Å². The Hall–Kier alpha value is -2.12. The molecule has 1 atom stereocenters. The van der Waals surface area contributed by atoms with Crippen LogP contribution in [-0.4, -0.2) is 44.5 Å². The molecule has 0 radical (unpaired) electrons. The summed E-state index contributed by atoms with van der Waals surface area (Å²) in [5, 5.41) is 18.2. The minimum Gasteiger partial charge on any atom is -0.481 e. The molecule has 8 heteroatoms. The molecule has 1 rings (SSSR count). The van der Waals surface area contributed by atoms with Gasteiger partial charge in [-0.2, -0.15) is 5.10 Å². The fourth-order valence-electron chi connectivity index (χ4n) is 1.81. The third kappa shape index (κ3) is 6.17. The maximum atomic E-state index is 11.6. The van der Waals surface area contributed by atoms with Gasteiger partial charge in [-0.3, -0.25) is 9.48 Å². The number of amides is 2. The van der Waals surface area contributed by atoms with Crippen molar-refractivity contribution in [1.82, 2.24) is 25.4 Å². The third-order valence-electron chi connectivity index (χ3n) is 2.67. The predicted molar refractivity (Wildman–Crippen MR) is 72.2 cm³/mol. The van der Waals surface area contributed by atoms with Crippen LogP contribution in [0.4, 0.5) is 4.79 Å². The molecule has 0 aliphatic heterocycles. The smallest absolute Gasteiger partial charge is 0.315 e. The van der Waals surface area contributed by atoms with Gasteiger partial charge in [-0.1, -0.05) is 13.3 Å². The number of aromatic nitrogens is 3. The van der Waals surface area contributed by atoms with E-state index < -0.39 is 5.97 Å². The zero-order chi connectivity index (χ0) is 15.0. The number of rotatable bonds is 8. The molecule has 1 unspecified atom stereocenters. The Morgan fingerprint density at radius 2 is 2.25 bits per heavy atom. The lowest BCUT2D eigenvalue weighted by molar-refractivity contribution is -0.137. The molecule has 2 amide bonds. The number of urea groups is 1. The minimum absolute atomic E-state index is 0.0664. The maximum Gasteiger partial charge on any atom is 0.315 e. The number of carbonyl (C=O) groups is 2. The van der Waals surface area contributed by atoms with E-state index in [0.717, 1.165) is 6.42 Å². The fourth-order valence-corrected chi connectivity index (χ4v) is 1.81. The summed E-state index contributed by atoms with van der Waals surface area (Å²) in [6.07, 6.45) is 3.52. The molecule has 3 N–H and O–H groups in total. The van der Waals surface area contributed by atoms with Crippen LogP contribution in [0.25, 0.3) is 0 Å². The molecule has 0 saturated heterocycles. The van der Waals surface area contributed by atoms with Gasteiger partial charge < -0.3 is 15.7 Å². The number of nitrogens with zero attached hydrogens (tertiary/aromatic N) is 3. The molecule has 1 aromatic heterocycles. The molecule has 0 spiro atoms. The van der Waals surface area contributed by atoms with Crippen molar-refractivity contribution in [2.24, 2.45) is 7.05 Å². The second kappa shape index (κ2) is 8.13. The molecule has 8 nitrogen and oxygen atoms in total. The van der Waals surface area contributed by atoms with Gasteiger partial charge in [-0.15, -0.1) is 0 Å². The van der Waals surface area contributed by atoms with Crippen molar-refractivity contribution < 1.29 is 14.7 Å². The van der Waals surface area contributed by atoms with Crippen molar-refractivity contribution >= 4 is 12.0 Å². The summed E-state index contributed by atoms with van der Waals surface area (Å²) in [6, 6.07) is -0.703. The summed E-state index contributed by atoms with van der Waals surface area (Å²) in [7, 11) is 1.78. The first kappa shape index (κ1) is 15.9. The number of aliphatic carboxylic acids is 1. The van der Waals surface area contributed by atoms with Gasteiger partial charge in [0.05, 0.1) is 6.42 Å². The van der Waals surface area contributed by atoms with Crippen LogP contribution in [0.2, 0.25) is 0 Å². The van der Waals surface area contributed by atoms with E-state index in [1.165, 1.54) is 0 Å². The third-order valence-corrected chi connectivity index (χ3v) is 2.67. The van der Waals surface area contributed by atoms with Gasteiger partial charge in [0.2, 0.25) is 0 Å². The summed E-state index contributed by atoms with van der Waals surface area (Å²) in [5.41, 5.74) is 0. The molecule has 112 valence electrons. The first-order valence-corrected chi connectivity index (χ1v) is 6.62. The highest BCUT2D eigenvalue weighted by Crippen LogP contribution is 2.01. The van der Waals surface area contributed by atoms with Crippen LogP contribution in [0.5, 0.6) is 0 Å². The van der Waals surface area contributed by atoms with Crippen molar-refractivity contribution in [2.45, 2.75) is 38.6 Å². The van der Waals surface area contributed by atoms with Crippen LogP contribution in [0.1, 0.15) is 32.0 Å². The van der Waals surface area contributed by atoms with Crippen molar-refractivity contribution in [3.8, 4) is 0 Å². The number of nitrogens with one attached hydrogen (secondary N) is 2. The van der Waals surface area contributed by atoms with Crippen LogP contribution < -0.4 is 10.6 Å². The lowest BCUT2D eigenvalue weighted by atomic mass is 10.1. The van der Waals surface area contributed by atoms with Gasteiger partial charge in [-0.05, 0) is 6.42 Å². The molecule has 1 aromatic rings. The zero-order valence-electron chi connectivity index (χ0n) is 11.8. The average molecular weight is 283 g/mol. The summed E-state index contributed by atoms with van der Waals surface area (Å²) in [5.74, 6) is -0.259. The summed E-state index contributed by atoms with van der Waals surface area (Å²) in [4.78, 5) is 26.4. The van der Waals surface area contributed by atoms with Crippen molar-refractivity contribution in [1.29, 1.82) is 0 Å². The van der Waals surface area contributed by atoms with E-state index in [1.54, 1.807) is 18.1 Å². The molecule has 0 aromatic carbocycles. The van der Waals surface area contributed by atoms with E-state index in [4.69, 9.17) is 5.11 Å². The highest BCUT2D eigenvalue weighted by atomic mass is 16.4. The van der Waals surface area contributed by atoms with Crippen molar-refractivity contribution in [3.05, 3.63) is 12.2 Å². The second-order valence-corrected chi connectivity index (χ2v) is 4.57. The van der Waals surface area contributed by atoms with E-state index in [9.17, 15) is 9.59 Å². The highest BCUT2D eigenvalue weighted by Gasteiger charge is 2.14. The summed E-state index contributed by atoms with van der Waals surface area (Å²) < 4.78 is 1.60. The maximum absolute atomic E-state index is 11.6. The molecule has 0 bridgehead atoms. The SMILES string of the molecule is CCCC(CC(=O)O)NC(=O)NCCc1ncn(C)n1. The number of carbonyl (C=O) groups excluding carboxylic acids is 1. The first-order valence-electron chi connectivity index (χ1n) is 6.62. The Balaban J connectivity index is 2.28. The standard InChI is InChI=1S/C12H21N5O3/c1-3-4-9(7-11(18)19)15-12(20)13-6-5-10-14-8-17(2)16-10/h8-9H,3-7H2,1-2H3,(H,18,19)(H2,13,15,20). The average Bonchev–Trinajstić information content (AvgIpc) is 2.74. The van der Waals surface area contributed by atoms with E-state index in [-0.39, 0.29) is 18.5 Å². The Morgan fingerprint density at radius 3 is 2.80 bits per heavy atom. The highest BCUT2D eigenvalue weighted by molar-refractivity contribution is 5.75. The second-order valence-electron chi connectivity index (χ2n) is 4.57. The Labute approximate surface area is 117 Å². The predicted octanol–water partition coefficient (Wildman–Crippen LogP) is 0.300. The lowest BCUT2D eigenvalue weighted by Crippen LogP contribution is -2.43. The van der Waals surface area contributed by atoms with Gasteiger partial charge in [0.25, 0.3) is 0 Å². The number of carboxylic acids is 1. The summed E-state index contributed by atoms with van der Waals surface area (Å²) in [6.45, 7) is 2.35. The normalized spacial score (nSPS) is 11.9. The topological polar surface area (TPSA) is 109 Å². The van der Waals surface area contributed by atoms with Crippen molar-refractivity contribution in [2.75, 3.05) is 6.54 Å². The van der Waals surface area contributed by atoms with Crippen LogP contribution >= 0.6 is 0 Å². The molecule has 0 aliphatic rings. The lowest BCUT2D eigenvalue weighted by Gasteiger charge is -2.16. The number of hydrogen-bond donors (Lipinski definition) is 3. The van der Waals surface area contributed by atoms with Gasteiger partial charge >= 0.3 is 12.0 Å². The van der Waals surface area contributed by atoms with Crippen LogP contribution in [0.3, 0.4) is 0 Å². The van der Waals surface area contributed by atoms with Gasteiger partial charge in [0, 0.05) is 26.1 Å². The Bertz CT molecular complexity index is 446. The van der Waals surface area contributed by atoms with Gasteiger partial charge in [-0.25, -0.2) is 9.78 Å². The Kier molecular flexibility index (Phi) is 6.48. The van der Waals surface area contributed by atoms with Crippen molar-refractivity contribution in [3.63, 3.8) is 0 Å². The van der Waals surface area contributed by atoms with Gasteiger partial charge in [0.15, 0.2) is 5.82 Å². The van der Waals surface area contributed by atoms with Crippen LogP contribution in [0.15, 0.2) is 6.33 Å². The van der Waals surface area contributed by atoms with E-state index in [2.05, 4.69) is 20.7 Å². The van der Waals surface area contributed by atoms with Crippen LogP contribution in [-0.2, 0) is 18.3 Å². The molecular weight excluding hydrogens is 262 g/mol. The van der Waals surface area contributed by atoms with E-state index in [1.807, 2.05) is 6.92 Å². The molecular formula is C12H21N5O3. The molecule has 0 saturated carbocycles. The molecule has 0 fully saturated rings. The number of hydrogen-bond acceptors (Lipinski definition) is 4. The van der Waals surface area contributed by atoms with E-state index in [0.29, 0.717) is 25.2 Å². The fraction of sp³-hybridized carbons (Fsp3) is 0.667. The minimum atomic E-state index is -0.915. The number of carboxylic acid groups (broad SMARTS) is 1. The largest absolute Gasteiger partial charge is 0.481 e. The van der Waals surface area contributed by atoms with Gasteiger partial charge in [0.1, 0.15) is 6.33 Å². The quantitative estimate of drug-likeness (QED) is 0.635. The molecule has 20 heavy (non-hydrogen) atoms. The monoisotopic (exact) mass is 283 g/mol.